The number of amides is 1. The van der Waals surface area contributed by atoms with Gasteiger partial charge in [-0.2, -0.15) is 5.10 Å². The molecule has 0 saturated heterocycles. The normalized spacial score (nSPS) is 10.8. The third kappa shape index (κ3) is 3.35. The van der Waals surface area contributed by atoms with Crippen molar-refractivity contribution in [3.63, 3.8) is 0 Å². The van der Waals surface area contributed by atoms with Gasteiger partial charge in [0.2, 0.25) is 5.89 Å². The van der Waals surface area contributed by atoms with E-state index in [1.165, 1.54) is 4.68 Å². The average Bonchev–Trinajstić information content (AvgIpc) is 3.04. The van der Waals surface area contributed by atoms with Crippen LogP contribution in [-0.2, 0) is 7.05 Å². The molecule has 2 aromatic heterocycles. The summed E-state index contributed by atoms with van der Waals surface area (Å²) in [6, 6.07) is 6.49. The van der Waals surface area contributed by atoms with Gasteiger partial charge < -0.3 is 4.42 Å². The summed E-state index contributed by atoms with van der Waals surface area (Å²) in [5.41, 5.74) is 1.68. The van der Waals surface area contributed by atoms with E-state index in [1.807, 2.05) is 0 Å². The van der Waals surface area contributed by atoms with Gasteiger partial charge in [-0.3, -0.25) is 14.8 Å². The molecule has 1 amide bonds. The Balaban J connectivity index is 1.82. The molecule has 1 aromatic carbocycles. The smallest absolute Gasteiger partial charge is 0.322 e. The van der Waals surface area contributed by atoms with Crippen LogP contribution in [0.15, 0.2) is 28.7 Å². The SMILES string of the molecule is Cc1cc(C(=O)Nc2nnc(-c3cc(Cl)cc(Cl)c3)o2)n(C)n1. The molecule has 118 valence electrons. The molecule has 7 nitrogen and oxygen atoms in total. The lowest BCUT2D eigenvalue weighted by Gasteiger charge is -2.00. The van der Waals surface area contributed by atoms with Crippen LogP contribution in [0.3, 0.4) is 0 Å². The van der Waals surface area contributed by atoms with Crippen LogP contribution < -0.4 is 5.32 Å². The van der Waals surface area contributed by atoms with Gasteiger partial charge in [-0.1, -0.05) is 28.3 Å². The third-order valence-corrected chi connectivity index (χ3v) is 3.43. The largest absolute Gasteiger partial charge is 0.403 e. The predicted molar refractivity (Wildman–Crippen MR) is 85.7 cm³/mol. The second-order valence-electron chi connectivity index (χ2n) is 4.82. The van der Waals surface area contributed by atoms with Crippen LogP contribution in [0.2, 0.25) is 10.0 Å². The van der Waals surface area contributed by atoms with E-state index >= 15 is 0 Å². The third-order valence-electron chi connectivity index (χ3n) is 2.99. The number of benzene rings is 1. The minimum absolute atomic E-state index is 0.0278. The summed E-state index contributed by atoms with van der Waals surface area (Å²) in [5, 5.41) is 15.2. The van der Waals surface area contributed by atoms with Crippen LogP contribution in [0.25, 0.3) is 11.5 Å². The lowest BCUT2D eigenvalue weighted by molar-refractivity contribution is 0.101. The number of rotatable bonds is 3. The Labute approximate surface area is 141 Å². The molecule has 23 heavy (non-hydrogen) atoms. The fourth-order valence-electron chi connectivity index (χ4n) is 2.05. The molecule has 0 spiro atoms. The molecule has 0 aliphatic heterocycles. The molecule has 1 N–H and O–H groups in total. The number of aromatic nitrogens is 4. The first-order chi connectivity index (χ1) is 10.9. The predicted octanol–water partition coefficient (Wildman–Crippen LogP) is 3.34. The van der Waals surface area contributed by atoms with Gasteiger partial charge in [-0.25, -0.2) is 0 Å². The molecule has 3 aromatic rings. The van der Waals surface area contributed by atoms with E-state index in [9.17, 15) is 4.79 Å². The van der Waals surface area contributed by atoms with E-state index < -0.39 is 5.91 Å². The highest BCUT2D eigenvalue weighted by Gasteiger charge is 2.16. The van der Waals surface area contributed by atoms with Crippen molar-refractivity contribution in [3.8, 4) is 11.5 Å². The number of aryl methyl sites for hydroxylation is 2. The molecular weight excluding hydrogens is 341 g/mol. The summed E-state index contributed by atoms with van der Waals surface area (Å²) in [7, 11) is 1.68. The first kappa shape index (κ1) is 15.5. The Kier molecular flexibility index (Phi) is 4.06. The van der Waals surface area contributed by atoms with E-state index in [0.29, 0.717) is 21.3 Å². The molecule has 0 atom stereocenters. The number of halogens is 2. The number of hydrogen-bond donors (Lipinski definition) is 1. The van der Waals surface area contributed by atoms with Crippen LogP contribution in [0.1, 0.15) is 16.2 Å². The highest BCUT2D eigenvalue weighted by Crippen LogP contribution is 2.27. The zero-order valence-corrected chi connectivity index (χ0v) is 13.7. The van der Waals surface area contributed by atoms with Gasteiger partial charge in [-0.05, 0) is 31.2 Å². The Morgan fingerprint density at radius 1 is 1.17 bits per heavy atom. The number of anilines is 1. The molecule has 3 rings (SSSR count). The molecule has 0 saturated carbocycles. The molecule has 0 aliphatic carbocycles. The molecule has 0 bridgehead atoms. The summed E-state index contributed by atoms with van der Waals surface area (Å²) in [6.07, 6.45) is 0. The van der Waals surface area contributed by atoms with Gasteiger partial charge in [0, 0.05) is 22.7 Å². The number of hydrogen-bond acceptors (Lipinski definition) is 5. The van der Waals surface area contributed by atoms with E-state index in [2.05, 4.69) is 20.6 Å². The lowest BCUT2D eigenvalue weighted by atomic mass is 10.2. The van der Waals surface area contributed by atoms with Gasteiger partial charge in [-0.15, -0.1) is 5.10 Å². The standard InChI is InChI=1S/C14H11Cl2N5O2/c1-7-3-11(21(2)20-7)12(22)17-14-19-18-13(23-14)8-4-9(15)6-10(16)5-8/h3-6H,1-2H3,(H,17,19,22). The number of nitrogens with zero attached hydrogens (tertiary/aromatic N) is 4. The van der Waals surface area contributed by atoms with Crippen molar-refractivity contribution in [1.29, 1.82) is 0 Å². The Morgan fingerprint density at radius 2 is 1.87 bits per heavy atom. The van der Waals surface area contributed by atoms with Gasteiger partial charge in [0.1, 0.15) is 5.69 Å². The fourth-order valence-corrected chi connectivity index (χ4v) is 2.58. The fraction of sp³-hybridized carbons (Fsp3) is 0.143. The van der Waals surface area contributed by atoms with Crippen molar-refractivity contribution in [2.45, 2.75) is 6.92 Å². The molecule has 0 radical (unpaired) electrons. The van der Waals surface area contributed by atoms with Crippen molar-refractivity contribution in [3.05, 3.63) is 45.7 Å². The van der Waals surface area contributed by atoms with E-state index in [1.54, 1.807) is 38.2 Å². The van der Waals surface area contributed by atoms with E-state index in [-0.39, 0.29) is 11.9 Å². The molecule has 0 fully saturated rings. The summed E-state index contributed by atoms with van der Waals surface area (Å²) < 4.78 is 6.89. The van der Waals surface area contributed by atoms with Crippen molar-refractivity contribution >= 4 is 35.1 Å². The van der Waals surface area contributed by atoms with Crippen molar-refractivity contribution < 1.29 is 9.21 Å². The minimum atomic E-state index is -0.396. The number of carbonyl (C=O) groups excluding carboxylic acids is 1. The maximum absolute atomic E-state index is 12.2. The quantitative estimate of drug-likeness (QED) is 0.781. The van der Waals surface area contributed by atoms with Crippen LogP contribution in [-0.4, -0.2) is 25.9 Å². The van der Waals surface area contributed by atoms with Crippen LogP contribution in [0, 0.1) is 6.92 Å². The van der Waals surface area contributed by atoms with Crippen molar-refractivity contribution in [1.82, 2.24) is 20.0 Å². The second kappa shape index (κ2) is 6.02. The Hall–Kier alpha value is -2.38. The van der Waals surface area contributed by atoms with Crippen LogP contribution >= 0.6 is 23.2 Å². The number of nitrogens with one attached hydrogen (secondary N) is 1. The van der Waals surface area contributed by atoms with Crippen molar-refractivity contribution in [2.24, 2.45) is 7.05 Å². The van der Waals surface area contributed by atoms with Gasteiger partial charge >= 0.3 is 6.01 Å². The minimum Gasteiger partial charge on any atom is -0.403 e. The van der Waals surface area contributed by atoms with Gasteiger partial charge in [0.25, 0.3) is 5.91 Å². The van der Waals surface area contributed by atoms with Crippen LogP contribution in [0.4, 0.5) is 6.01 Å². The molecule has 9 heteroatoms. The van der Waals surface area contributed by atoms with E-state index in [4.69, 9.17) is 27.6 Å². The van der Waals surface area contributed by atoms with Gasteiger partial charge in [0.05, 0.1) is 5.69 Å². The molecule has 0 aliphatic rings. The molecule has 2 heterocycles. The summed E-state index contributed by atoms with van der Waals surface area (Å²) in [5.74, 6) is -0.196. The summed E-state index contributed by atoms with van der Waals surface area (Å²) in [6.45, 7) is 1.80. The zero-order chi connectivity index (χ0) is 16.6. The topological polar surface area (TPSA) is 85.8 Å². The maximum Gasteiger partial charge on any atom is 0.322 e. The molecule has 0 unspecified atom stereocenters. The first-order valence-corrected chi connectivity index (χ1v) is 7.30. The second-order valence-corrected chi connectivity index (χ2v) is 5.69. The Bertz CT molecular complexity index is 867. The van der Waals surface area contributed by atoms with Crippen LogP contribution in [0.5, 0.6) is 0 Å². The summed E-state index contributed by atoms with van der Waals surface area (Å²) >= 11 is 11.9. The Morgan fingerprint density at radius 3 is 2.48 bits per heavy atom. The molecular formula is C14H11Cl2N5O2. The van der Waals surface area contributed by atoms with Gasteiger partial charge in [0.15, 0.2) is 0 Å². The maximum atomic E-state index is 12.2. The lowest BCUT2D eigenvalue weighted by Crippen LogP contribution is -2.16. The highest BCUT2D eigenvalue weighted by atomic mass is 35.5. The summed E-state index contributed by atoms with van der Waals surface area (Å²) in [4.78, 5) is 12.2. The van der Waals surface area contributed by atoms with E-state index in [0.717, 1.165) is 5.69 Å². The monoisotopic (exact) mass is 351 g/mol. The average molecular weight is 352 g/mol. The highest BCUT2D eigenvalue weighted by molar-refractivity contribution is 6.35. The van der Waals surface area contributed by atoms with Crippen molar-refractivity contribution in [2.75, 3.05) is 5.32 Å². The number of carbonyl (C=O) groups is 1. The zero-order valence-electron chi connectivity index (χ0n) is 12.2. The first-order valence-electron chi connectivity index (χ1n) is 6.54.